The molecule has 0 aliphatic rings. The zero-order chi connectivity index (χ0) is 13.8. The molecule has 0 amide bonds. The average molecular weight is 267 g/mol. The van der Waals surface area contributed by atoms with Gasteiger partial charge in [-0.2, -0.15) is 0 Å². The van der Waals surface area contributed by atoms with Gasteiger partial charge in [0.05, 0.1) is 0 Å². The molecule has 1 rings (SSSR count). The molecule has 0 aliphatic carbocycles. The van der Waals surface area contributed by atoms with Crippen LogP contribution in [0.4, 0.5) is 8.78 Å². The van der Waals surface area contributed by atoms with Gasteiger partial charge in [-0.3, -0.25) is 0 Å². The molecule has 5 heteroatoms. The third kappa shape index (κ3) is 4.44. The van der Waals surface area contributed by atoms with Gasteiger partial charge in [0.2, 0.25) is 0 Å². The van der Waals surface area contributed by atoms with E-state index in [-0.39, 0.29) is 15.8 Å². The van der Waals surface area contributed by atoms with Crippen LogP contribution < -0.4 is 5.46 Å². The first-order chi connectivity index (χ1) is 8.35. The summed E-state index contributed by atoms with van der Waals surface area (Å²) in [7, 11) is 5.46. The Morgan fingerprint density at radius 3 is 2.67 bits per heavy atom. The van der Waals surface area contributed by atoms with Crippen LogP contribution in [-0.4, -0.2) is 18.8 Å². The molecule has 0 aromatic heterocycles. The molecule has 96 valence electrons. The predicted molar refractivity (Wildman–Crippen MR) is 75.9 cm³/mol. The van der Waals surface area contributed by atoms with E-state index in [1.807, 2.05) is 0 Å². The molecule has 0 heterocycles. The molecule has 0 aliphatic heterocycles. The van der Waals surface area contributed by atoms with Crippen LogP contribution >= 0.6 is 11.9 Å². The highest BCUT2D eigenvalue weighted by molar-refractivity contribution is 7.99. The lowest BCUT2D eigenvalue weighted by Gasteiger charge is -2.19. The minimum atomic E-state index is -0.950. The summed E-state index contributed by atoms with van der Waals surface area (Å²) in [6, 6.07) is 2.33. The monoisotopic (exact) mass is 267 g/mol. The fraction of sp³-hybridized carbons (Fsp3) is 0.462. The largest absolute Gasteiger partial charge is 0.223 e. The number of halogens is 2. The Kier molecular flexibility index (Phi) is 5.38. The van der Waals surface area contributed by atoms with Gasteiger partial charge in [0.25, 0.3) is 0 Å². The standard InChI is InChI=1S/C13H16BF2NS/c1-4-5-13(2,3)18-17-8-9-6-10(14)7-11(15)12(9)16/h6-8H,4-5H2,1-3H3/b17-8+. The molecule has 0 atom stereocenters. The number of hydrogen-bond donors (Lipinski definition) is 0. The first-order valence-corrected chi connectivity index (χ1v) is 6.59. The van der Waals surface area contributed by atoms with E-state index < -0.39 is 11.6 Å². The lowest BCUT2D eigenvalue weighted by Crippen LogP contribution is -2.12. The maximum Gasteiger partial charge on any atom is 0.167 e. The average Bonchev–Trinajstić information content (AvgIpc) is 2.24. The Hall–Kier alpha value is -0.835. The summed E-state index contributed by atoms with van der Waals surface area (Å²) >= 11 is 1.36. The van der Waals surface area contributed by atoms with Crippen LogP contribution in [0.15, 0.2) is 16.5 Å². The van der Waals surface area contributed by atoms with E-state index >= 15 is 0 Å². The topological polar surface area (TPSA) is 12.4 Å². The molecule has 2 radical (unpaired) electrons. The van der Waals surface area contributed by atoms with Gasteiger partial charge in [0.15, 0.2) is 11.6 Å². The highest BCUT2D eigenvalue weighted by atomic mass is 32.2. The predicted octanol–water partition coefficient (Wildman–Crippen LogP) is 3.40. The molecule has 1 aromatic carbocycles. The molecular formula is C13H16BF2NS. The van der Waals surface area contributed by atoms with Gasteiger partial charge in [-0.15, -0.1) is 0 Å². The van der Waals surface area contributed by atoms with E-state index in [0.717, 1.165) is 18.9 Å². The summed E-state index contributed by atoms with van der Waals surface area (Å²) in [6.45, 7) is 6.22. The van der Waals surface area contributed by atoms with E-state index in [4.69, 9.17) is 7.85 Å². The van der Waals surface area contributed by atoms with Crippen LogP contribution in [0, 0.1) is 11.6 Å². The van der Waals surface area contributed by atoms with Crippen molar-refractivity contribution in [2.45, 2.75) is 38.4 Å². The molecule has 0 unspecified atom stereocenters. The second-order valence-corrected chi connectivity index (χ2v) is 6.24. The van der Waals surface area contributed by atoms with Crippen molar-refractivity contribution in [1.29, 1.82) is 0 Å². The van der Waals surface area contributed by atoms with Crippen LogP contribution in [0.25, 0.3) is 0 Å². The van der Waals surface area contributed by atoms with E-state index in [2.05, 4.69) is 25.2 Å². The first-order valence-electron chi connectivity index (χ1n) is 5.82. The van der Waals surface area contributed by atoms with Crippen molar-refractivity contribution < 1.29 is 8.78 Å². The van der Waals surface area contributed by atoms with Crippen LogP contribution in [0.2, 0.25) is 0 Å². The van der Waals surface area contributed by atoms with Gasteiger partial charge in [-0.1, -0.05) is 24.9 Å². The zero-order valence-corrected chi connectivity index (χ0v) is 11.7. The zero-order valence-electron chi connectivity index (χ0n) is 10.8. The minimum absolute atomic E-state index is 0.0133. The van der Waals surface area contributed by atoms with Crippen molar-refractivity contribution in [2.24, 2.45) is 4.40 Å². The Morgan fingerprint density at radius 1 is 1.39 bits per heavy atom. The van der Waals surface area contributed by atoms with E-state index in [1.54, 1.807) is 0 Å². The van der Waals surface area contributed by atoms with Crippen molar-refractivity contribution in [3.05, 3.63) is 29.3 Å². The summed E-state index contributed by atoms with van der Waals surface area (Å²) in [5, 5.41) is 0. The van der Waals surface area contributed by atoms with Crippen LogP contribution in [0.3, 0.4) is 0 Å². The maximum absolute atomic E-state index is 13.4. The molecule has 0 bridgehead atoms. The van der Waals surface area contributed by atoms with Crippen LogP contribution in [0.1, 0.15) is 39.2 Å². The van der Waals surface area contributed by atoms with Crippen molar-refractivity contribution in [2.75, 3.05) is 0 Å². The summed E-state index contributed by atoms with van der Waals surface area (Å²) in [5.41, 5.74) is 0.264. The molecule has 0 fully saturated rings. The van der Waals surface area contributed by atoms with Crippen molar-refractivity contribution in [3.63, 3.8) is 0 Å². The third-order valence-corrected chi connectivity index (χ3v) is 3.33. The Labute approximate surface area is 113 Å². The number of hydrogen-bond acceptors (Lipinski definition) is 2. The highest BCUT2D eigenvalue weighted by Crippen LogP contribution is 2.30. The summed E-state index contributed by atoms with van der Waals surface area (Å²) in [4.78, 5) is 0. The summed E-state index contributed by atoms with van der Waals surface area (Å²) in [5.74, 6) is -1.86. The van der Waals surface area contributed by atoms with E-state index in [1.165, 1.54) is 24.2 Å². The SMILES string of the molecule is [B]c1cc(F)c(F)c(/C=N/SC(C)(C)CCC)c1. The van der Waals surface area contributed by atoms with Gasteiger partial charge in [0.1, 0.15) is 7.85 Å². The van der Waals surface area contributed by atoms with E-state index in [0.29, 0.717) is 0 Å². The number of nitrogens with zero attached hydrogens (tertiary/aromatic N) is 1. The fourth-order valence-corrected chi connectivity index (χ4v) is 2.35. The van der Waals surface area contributed by atoms with Crippen molar-refractivity contribution >= 4 is 31.5 Å². The number of benzene rings is 1. The normalized spacial score (nSPS) is 12.3. The summed E-state index contributed by atoms with van der Waals surface area (Å²) < 4.78 is 30.6. The van der Waals surface area contributed by atoms with Crippen molar-refractivity contribution in [3.8, 4) is 0 Å². The molecule has 0 spiro atoms. The molecular weight excluding hydrogens is 251 g/mol. The Bertz CT molecular complexity index is 447. The lowest BCUT2D eigenvalue weighted by molar-refractivity contribution is 0.508. The van der Waals surface area contributed by atoms with Crippen LogP contribution in [-0.2, 0) is 0 Å². The molecule has 0 saturated heterocycles. The first kappa shape index (κ1) is 15.2. The van der Waals surface area contributed by atoms with Gasteiger partial charge in [-0.05, 0) is 38.3 Å². The molecule has 1 aromatic rings. The van der Waals surface area contributed by atoms with Crippen molar-refractivity contribution in [1.82, 2.24) is 0 Å². The second kappa shape index (κ2) is 6.37. The maximum atomic E-state index is 13.4. The quantitative estimate of drug-likeness (QED) is 0.452. The summed E-state index contributed by atoms with van der Waals surface area (Å²) in [6.07, 6.45) is 3.37. The Balaban J connectivity index is 2.79. The number of rotatable bonds is 5. The lowest BCUT2D eigenvalue weighted by atomic mass is 9.94. The Morgan fingerprint density at radius 2 is 2.06 bits per heavy atom. The van der Waals surface area contributed by atoms with Gasteiger partial charge < -0.3 is 0 Å². The fourth-order valence-electron chi connectivity index (χ4n) is 1.60. The van der Waals surface area contributed by atoms with Gasteiger partial charge >= 0.3 is 0 Å². The smallest absolute Gasteiger partial charge is 0.167 e. The second-order valence-electron chi connectivity index (χ2n) is 4.74. The van der Waals surface area contributed by atoms with E-state index in [9.17, 15) is 8.78 Å². The van der Waals surface area contributed by atoms with Crippen LogP contribution in [0.5, 0.6) is 0 Å². The highest BCUT2D eigenvalue weighted by Gasteiger charge is 2.16. The molecule has 0 saturated carbocycles. The molecule has 1 nitrogen and oxygen atoms in total. The van der Waals surface area contributed by atoms with Gasteiger partial charge in [-0.25, -0.2) is 13.2 Å². The molecule has 0 N–H and O–H groups in total. The van der Waals surface area contributed by atoms with Gasteiger partial charge in [0, 0.05) is 16.5 Å². The minimum Gasteiger partial charge on any atom is -0.223 e. The molecule has 18 heavy (non-hydrogen) atoms. The third-order valence-electron chi connectivity index (χ3n) is 2.42.